The van der Waals surface area contributed by atoms with Gasteiger partial charge in [-0.3, -0.25) is 14.6 Å². The van der Waals surface area contributed by atoms with Crippen molar-refractivity contribution in [3.05, 3.63) is 54.4 Å². The normalized spacial score (nSPS) is 17.1. The van der Waals surface area contributed by atoms with Crippen LogP contribution in [0, 0.1) is 5.92 Å². The van der Waals surface area contributed by atoms with Crippen molar-refractivity contribution < 1.29 is 27.5 Å². The highest BCUT2D eigenvalue weighted by Gasteiger charge is 2.36. The van der Waals surface area contributed by atoms with E-state index in [1.807, 2.05) is 0 Å². The molecule has 1 aromatic heterocycles. The van der Waals surface area contributed by atoms with E-state index in [2.05, 4.69) is 15.0 Å². The zero-order chi connectivity index (χ0) is 19.4. The fourth-order valence-corrected chi connectivity index (χ4v) is 2.81. The van der Waals surface area contributed by atoms with Crippen LogP contribution in [0.3, 0.4) is 0 Å². The first kappa shape index (κ1) is 18.7. The molecule has 0 aliphatic carbocycles. The summed E-state index contributed by atoms with van der Waals surface area (Å²) in [6, 6.07) is 10.6. The van der Waals surface area contributed by atoms with E-state index in [-0.39, 0.29) is 31.1 Å². The number of carbonyl (C=O) groups excluding carboxylic acids is 2. The maximum Gasteiger partial charge on any atom is 0.573 e. The second-order valence-electron chi connectivity index (χ2n) is 6.03. The molecule has 0 radical (unpaired) electrons. The van der Waals surface area contributed by atoms with Gasteiger partial charge in [-0.25, -0.2) is 0 Å². The highest BCUT2D eigenvalue weighted by Crippen LogP contribution is 2.31. The number of anilines is 1. The zero-order valence-electron chi connectivity index (χ0n) is 14.1. The summed E-state index contributed by atoms with van der Waals surface area (Å²) in [7, 11) is 0. The first-order chi connectivity index (χ1) is 12.8. The SMILES string of the molecule is O=C(Nc1ccccc1OC(F)(F)F)C1CC(=O)N(Cc2ccccn2)C1. The lowest BCUT2D eigenvalue weighted by Crippen LogP contribution is -2.28. The summed E-state index contributed by atoms with van der Waals surface area (Å²) < 4.78 is 41.3. The van der Waals surface area contributed by atoms with Gasteiger partial charge in [0.25, 0.3) is 0 Å². The summed E-state index contributed by atoms with van der Waals surface area (Å²) >= 11 is 0. The van der Waals surface area contributed by atoms with E-state index in [4.69, 9.17) is 0 Å². The van der Waals surface area contributed by atoms with Crippen LogP contribution in [0.2, 0.25) is 0 Å². The predicted molar refractivity (Wildman–Crippen MR) is 89.5 cm³/mol. The lowest BCUT2D eigenvalue weighted by Gasteiger charge is -2.17. The number of hydrogen-bond donors (Lipinski definition) is 1. The van der Waals surface area contributed by atoms with E-state index >= 15 is 0 Å². The van der Waals surface area contributed by atoms with E-state index in [1.165, 1.54) is 23.1 Å². The second kappa shape index (κ2) is 7.65. The van der Waals surface area contributed by atoms with Crippen LogP contribution in [-0.2, 0) is 16.1 Å². The Balaban J connectivity index is 1.65. The number of benzene rings is 1. The molecule has 1 unspecified atom stereocenters. The molecule has 0 spiro atoms. The Kier molecular flexibility index (Phi) is 5.29. The van der Waals surface area contributed by atoms with Gasteiger partial charge in [-0.1, -0.05) is 18.2 Å². The lowest BCUT2D eigenvalue weighted by molar-refractivity contribution is -0.274. The highest BCUT2D eigenvalue weighted by molar-refractivity contribution is 5.98. The Hall–Kier alpha value is -3.10. The molecule has 1 fully saturated rings. The molecule has 2 heterocycles. The van der Waals surface area contributed by atoms with Gasteiger partial charge < -0.3 is 15.0 Å². The molecule has 0 saturated carbocycles. The monoisotopic (exact) mass is 379 g/mol. The first-order valence-electron chi connectivity index (χ1n) is 8.15. The molecule has 1 atom stereocenters. The Morgan fingerprint density at radius 3 is 2.67 bits per heavy atom. The summed E-state index contributed by atoms with van der Waals surface area (Å²) in [5.41, 5.74) is 0.589. The van der Waals surface area contributed by atoms with Crippen molar-refractivity contribution in [2.45, 2.75) is 19.3 Å². The predicted octanol–water partition coefficient (Wildman–Crippen LogP) is 2.97. The van der Waals surface area contributed by atoms with Crippen molar-refractivity contribution in [1.82, 2.24) is 9.88 Å². The number of hydrogen-bond acceptors (Lipinski definition) is 4. The Bertz CT molecular complexity index is 827. The highest BCUT2D eigenvalue weighted by atomic mass is 19.4. The number of pyridine rings is 1. The molecule has 2 amide bonds. The number of halogens is 3. The molecule has 1 aliphatic rings. The molecular formula is C18H16F3N3O3. The van der Waals surface area contributed by atoms with Crippen LogP contribution in [0.1, 0.15) is 12.1 Å². The Labute approximate surface area is 152 Å². The molecular weight excluding hydrogens is 363 g/mol. The number of para-hydroxylation sites is 2. The van der Waals surface area contributed by atoms with Crippen LogP contribution in [0.25, 0.3) is 0 Å². The molecule has 9 heteroatoms. The third kappa shape index (κ3) is 4.96. The summed E-state index contributed by atoms with van der Waals surface area (Å²) in [5, 5.41) is 2.42. The van der Waals surface area contributed by atoms with Gasteiger partial charge in [0.15, 0.2) is 5.75 Å². The lowest BCUT2D eigenvalue weighted by atomic mass is 10.1. The van der Waals surface area contributed by atoms with Gasteiger partial charge in [0.1, 0.15) is 0 Å². The number of ether oxygens (including phenoxy) is 1. The Morgan fingerprint density at radius 1 is 1.22 bits per heavy atom. The number of aromatic nitrogens is 1. The van der Waals surface area contributed by atoms with Crippen molar-refractivity contribution in [1.29, 1.82) is 0 Å². The third-order valence-electron chi connectivity index (χ3n) is 4.03. The maximum absolute atomic E-state index is 12.5. The van der Waals surface area contributed by atoms with Crippen molar-refractivity contribution >= 4 is 17.5 Å². The Morgan fingerprint density at radius 2 is 1.96 bits per heavy atom. The van der Waals surface area contributed by atoms with Gasteiger partial charge in [-0.15, -0.1) is 13.2 Å². The van der Waals surface area contributed by atoms with Gasteiger partial charge >= 0.3 is 6.36 Å². The molecule has 2 aromatic rings. The zero-order valence-corrected chi connectivity index (χ0v) is 14.1. The van der Waals surface area contributed by atoms with Gasteiger partial charge in [0.2, 0.25) is 11.8 Å². The quantitative estimate of drug-likeness (QED) is 0.867. The van der Waals surface area contributed by atoms with Crippen LogP contribution in [0.5, 0.6) is 5.75 Å². The summed E-state index contributed by atoms with van der Waals surface area (Å²) in [6.07, 6.45) is -3.28. The van der Waals surface area contributed by atoms with Crippen molar-refractivity contribution in [2.75, 3.05) is 11.9 Å². The minimum absolute atomic E-state index is 0.0129. The van der Waals surface area contributed by atoms with Gasteiger partial charge in [-0.2, -0.15) is 0 Å². The number of likely N-dealkylation sites (tertiary alicyclic amines) is 1. The molecule has 142 valence electrons. The molecule has 27 heavy (non-hydrogen) atoms. The van der Waals surface area contributed by atoms with Gasteiger partial charge in [0.05, 0.1) is 23.8 Å². The summed E-state index contributed by atoms with van der Waals surface area (Å²) in [5.74, 6) is -1.92. The number of rotatable bonds is 5. The van der Waals surface area contributed by atoms with Crippen molar-refractivity contribution in [2.24, 2.45) is 5.92 Å². The molecule has 1 saturated heterocycles. The van der Waals surface area contributed by atoms with Crippen LogP contribution < -0.4 is 10.1 Å². The summed E-state index contributed by atoms with van der Waals surface area (Å²) in [6.45, 7) is 0.445. The average Bonchev–Trinajstić information content (AvgIpc) is 2.97. The van der Waals surface area contributed by atoms with E-state index in [9.17, 15) is 22.8 Å². The number of amides is 2. The fourth-order valence-electron chi connectivity index (χ4n) is 2.81. The number of nitrogens with one attached hydrogen (secondary N) is 1. The van der Waals surface area contributed by atoms with Crippen molar-refractivity contribution in [3.8, 4) is 5.75 Å². The maximum atomic E-state index is 12.5. The van der Waals surface area contributed by atoms with E-state index in [1.54, 1.807) is 24.4 Å². The van der Waals surface area contributed by atoms with Crippen LogP contribution in [0.4, 0.5) is 18.9 Å². The van der Waals surface area contributed by atoms with Crippen LogP contribution in [0.15, 0.2) is 48.7 Å². The van der Waals surface area contributed by atoms with Crippen LogP contribution >= 0.6 is 0 Å². The minimum atomic E-state index is -4.87. The summed E-state index contributed by atoms with van der Waals surface area (Å²) in [4.78, 5) is 30.2. The fraction of sp³-hybridized carbons (Fsp3) is 0.278. The first-order valence-corrected chi connectivity index (χ1v) is 8.15. The van der Waals surface area contributed by atoms with Gasteiger partial charge in [0, 0.05) is 19.2 Å². The van der Waals surface area contributed by atoms with E-state index < -0.39 is 23.9 Å². The van der Waals surface area contributed by atoms with E-state index in [0.717, 1.165) is 6.07 Å². The number of alkyl halides is 3. The molecule has 1 aromatic carbocycles. The molecule has 3 rings (SSSR count). The van der Waals surface area contributed by atoms with Crippen LogP contribution in [-0.4, -0.2) is 34.6 Å². The molecule has 1 aliphatic heterocycles. The smallest absolute Gasteiger partial charge is 0.404 e. The standard InChI is InChI=1S/C18H16F3N3O3/c19-18(20,21)27-15-7-2-1-6-14(15)23-17(26)12-9-16(25)24(10-12)11-13-5-3-4-8-22-13/h1-8,12H,9-11H2,(H,23,26). The van der Waals surface area contributed by atoms with E-state index in [0.29, 0.717) is 5.69 Å². The van der Waals surface area contributed by atoms with Gasteiger partial charge in [-0.05, 0) is 24.3 Å². The molecule has 6 nitrogen and oxygen atoms in total. The average molecular weight is 379 g/mol. The molecule has 0 bridgehead atoms. The number of nitrogens with zero attached hydrogens (tertiary/aromatic N) is 2. The second-order valence-corrected chi connectivity index (χ2v) is 6.03. The third-order valence-corrected chi connectivity index (χ3v) is 4.03. The largest absolute Gasteiger partial charge is 0.573 e. The van der Waals surface area contributed by atoms with Crippen molar-refractivity contribution in [3.63, 3.8) is 0 Å². The molecule has 1 N–H and O–H groups in total. The number of carbonyl (C=O) groups is 2. The topological polar surface area (TPSA) is 71.5 Å². The minimum Gasteiger partial charge on any atom is -0.404 e.